The number of rotatable bonds is 41. The Morgan fingerprint density at radius 1 is 0.353 bits per heavy atom. The molecule has 0 N–H and O–H groups in total. The average Bonchev–Trinajstić information content (AvgIpc) is 3.62. The first-order valence-electron chi connectivity index (χ1n) is 29.9. The van der Waals surface area contributed by atoms with Gasteiger partial charge in [0.15, 0.2) is 0 Å². The molecule has 0 spiro atoms. The molecule has 0 atom stereocenters. The molecule has 2 aromatic carbocycles. The molecule has 0 aromatic heterocycles. The molecule has 0 bridgehead atoms. The second-order valence-corrected chi connectivity index (χ2v) is 22.5. The number of allylic oxidation sites excluding steroid dienone is 2. The molecule has 0 amide bonds. The summed E-state index contributed by atoms with van der Waals surface area (Å²) in [5.41, 5.74) is 28.3. The van der Waals surface area contributed by atoms with E-state index in [4.69, 9.17) is 0 Å². The van der Waals surface area contributed by atoms with Gasteiger partial charge in [0, 0.05) is 22.3 Å². The van der Waals surface area contributed by atoms with E-state index in [2.05, 4.69) is 93.5 Å². The third-order valence-electron chi connectivity index (χ3n) is 14.9. The van der Waals surface area contributed by atoms with Crippen molar-refractivity contribution in [3.05, 3.63) is 85.5 Å². The molecule has 0 radical (unpaired) electrons. The molecule has 0 saturated heterocycles. The summed E-state index contributed by atoms with van der Waals surface area (Å²) in [7, 11) is 0. The molecule has 1 aliphatic heterocycles. The van der Waals surface area contributed by atoms with Crippen molar-refractivity contribution in [2.24, 2.45) is 0 Å². The molecule has 0 saturated carbocycles. The Balaban J connectivity index is 0.000000582. The Labute approximate surface area is 431 Å². The van der Waals surface area contributed by atoms with E-state index >= 15 is 0 Å². The van der Waals surface area contributed by atoms with Crippen LogP contribution in [0, 0.1) is 20.8 Å². The van der Waals surface area contributed by atoms with Crippen LogP contribution in [0.3, 0.4) is 0 Å². The molecule has 1 heterocycles. The first kappa shape index (κ1) is 62.1. The Bertz CT molecular complexity index is 1600. The maximum absolute atomic E-state index is 12.4. The zero-order valence-corrected chi connectivity index (χ0v) is 48.1. The fourth-order valence-corrected chi connectivity index (χ4v) is 11.4. The summed E-state index contributed by atoms with van der Waals surface area (Å²) in [5, 5.41) is 2.86. The van der Waals surface area contributed by atoms with E-state index in [-0.39, 0.29) is 0 Å². The van der Waals surface area contributed by atoms with Crippen LogP contribution in [0.25, 0.3) is 16.9 Å². The van der Waals surface area contributed by atoms with E-state index < -0.39 is 0 Å². The minimum atomic E-state index is 1.02. The van der Waals surface area contributed by atoms with Crippen molar-refractivity contribution < 1.29 is 19.1 Å². The van der Waals surface area contributed by atoms with Crippen LogP contribution in [0.4, 0.5) is 0 Å². The van der Waals surface area contributed by atoms with Crippen LogP contribution in [-0.2, 0) is 33.7 Å². The summed E-state index contributed by atoms with van der Waals surface area (Å²) in [6.07, 6.45) is 49.1. The van der Waals surface area contributed by atoms with E-state index in [1.807, 2.05) is 14.4 Å². The number of benzene rings is 2. The van der Waals surface area contributed by atoms with Crippen LogP contribution in [0.2, 0.25) is 10.8 Å². The SMILES string of the molecule is CCCCCCCCC1=C(c2cc(CCCC)c(CCCC)c(CCCC)c2)[N+](=[N-])C(c2cc(C)c(C)c(C)c2)=C1CCCC.CCCCCCCCCC[CH2][Ni][CH2]CCCCCCCCCC. The predicted molar refractivity (Wildman–Crippen MR) is 302 cm³/mol. The second-order valence-electron chi connectivity index (χ2n) is 21.0. The maximum atomic E-state index is 12.4. The Hall–Kier alpha value is -1.99. The summed E-state index contributed by atoms with van der Waals surface area (Å²) < 4.78 is 1.63. The van der Waals surface area contributed by atoms with Crippen molar-refractivity contribution in [1.29, 1.82) is 0 Å². The van der Waals surface area contributed by atoms with Gasteiger partial charge in [-0.15, -0.1) is 0 Å². The third-order valence-corrected chi connectivity index (χ3v) is 16.3. The van der Waals surface area contributed by atoms with Crippen LogP contribution in [0.15, 0.2) is 35.4 Å². The van der Waals surface area contributed by atoms with E-state index in [0.29, 0.717) is 0 Å². The van der Waals surface area contributed by atoms with Crippen LogP contribution in [0.1, 0.15) is 311 Å². The number of aryl methyl sites for hydroxylation is 4. The van der Waals surface area contributed by atoms with Gasteiger partial charge >= 0.3 is 155 Å². The number of nitrogens with zero attached hydrogens (tertiary/aromatic N) is 2. The zero-order chi connectivity index (χ0) is 49.6. The van der Waals surface area contributed by atoms with Gasteiger partial charge in [-0.05, 0) is 143 Å². The van der Waals surface area contributed by atoms with E-state index in [9.17, 15) is 5.53 Å². The standard InChI is InChI=1S/C43H66N2.2C11H23.Ni/c1-9-14-19-20-21-22-27-41-40(26-18-13-5)42(37-28-32(6)34(8)33(7)29-37)45(44)43(41)38-30-35(23-15-10-2)39(25-17-12-4)36(31-38)24-16-11-3;2*1-3-5-7-9-11-10-8-6-4-2;/h28-31H,9-27H2,1-8H3;2*1,3-11H2,2H3;. The third kappa shape index (κ3) is 24.4. The van der Waals surface area contributed by atoms with Crippen molar-refractivity contribution in [3.8, 4) is 0 Å². The molecule has 3 heteroatoms. The molecule has 0 fully saturated rings. The molecule has 3 rings (SSSR count). The second kappa shape index (κ2) is 40.6. The Morgan fingerprint density at radius 2 is 0.662 bits per heavy atom. The van der Waals surface area contributed by atoms with Gasteiger partial charge in [-0.25, -0.2) is 4.70 Å². The molecule has 392 valence electrons. The monoisotopic (exact) mass is 979 g/mol. The summed E-state index contributed by atoms with van der Waals surface area (Å²) in [5.74, 6) is 0. The van der Waals surface area contributed by atoms with Gasteiger partial charge in [0.25, 0.3) is 0 Å². The van der Waals surface area contributed by atoms with Gasteiger partial charge in [0.05, 0.1) is 0 Å². The number of hydrogen-bond donors (Lipinski definition) is 0. The van der Waals surface area contributed by atoms with Crippen molar-refractivity contribution in [3.63, 3.8) is 0 Å². The fraction of sp³-hybridized carbons (Fsp3) is 0.754. The van der Waals surface area contributed by atoms with Crippen molar-refractivity contribution in [2.45, 2.75) is 318 Å². The molecule has 68 heavy (non-hydrogen) atoms. The summed E-state index contributed by atoms with van der Waals surface area (Å²) >= 11 is 2.03. The molecule has 0 unspecified atom stereocenters. The van der Waals surface area contributed by atoms with Crippen molar-refractivity contribution in [2.75, 3.05) is 0 Å². The average molecular weight is 980 g/mol. The van der Waals surface area contributed by atoms with Crippen LogP contribution < -0.4 is 0 Å². The Morgan fingerprint density at radius 3 is 1.06 bits per heavy atom. The van der Waals surface area contributed by atoms with E-state index in [0.717, 1.165) is 55.5 Å². The first-order valence-corrected chi connectivity index (χ1v) is 31.3. The van der Waals surface area contributed by atoms with Gasteiger partial charge in [-0.3, -0.25) is 0 Å². The summed E-state index contributed by atoms with van der Waals surface area (Å²) in [6, 6.07) is 9.60. The van der Waals surface area contributed by atoms with Gasteiger partial charge in [0.1, 0.15) is 0 Å². The molecular formula is C65H112N2Ni. The van der Waals surface area contributed by atoms with Crippen LogP contribution >= 0.6 is 0 Å². The van der Waals surface area contributed by atoms with E-state index in [1.165, 1.54) is 254 Å². The predicted octanol–water partition coefficient (Wildman–Crippen LogP) is 22.7. The topological polar surface area (TPSA) is 25.3 Å². The quantitative estimate of drug-likeness (QED) is 0.0360. The normalized spacial score (nSPS) is 12.8. The van der Waals surface area contributed by atoms with Crippen molar-refractivity contribution in [1.82, 2.24) is 0 Å². The van der Waals surface area contributed by atoms with Gasteiger partial charge in [0.2, 0.25) is 11.4 Å². The van der Waals surface area contributed by atoms with Gasteiger partial charge in [-0.2, -0.15) is 0 Å². The Kier molecular flexibility index (Phi) is 37.1. The molecular weight excluding hydrogens is 867 g/mol. The van der Waals surface area contributed by atoms with Crippen molar-refractivity contribution >= 4 is 11.4 Å². The minimum absolute atomic E-state index is 1.02. The number of unbranched alkanes of at least 4 members (excludes halogenated alkanes) is 25. The van der Waals surface area contributed by atoms with Crippen LogP contribution in [-0.4, -0.2) is 4.70 Å². The zero-order valence-electron chi connectivity index (χ0n) is 47.1. The van der Waals surface area contributed by atoms with Gasteiger partial charge < -0.3 is 5.53 Å². The molecule has 0 aliphatic carbocycles. The van der Waals surface area contributed by atoms with Gasteiger partial charge in [-0.1, -0.05) is 92.4 Å². The summed E-state index contributed by atoms with van der Waals surface area (Å²) in [4.78, 5) is 0. The first-order chi connectivity index (χ1) is 33.2. The molecule has 2 nitrogen and oxygen atoms in total. The molecule has 1 aliphatic rings. The van der Waals surface area contributed by atoms with Crippen LogP contribution in [0.5, 0.6) is 0 Å². The fourth-order valence-electron chi connectivity index (χ4n) is 10.2. The molecule has 2 aromatic rings. The summed E-state index contributed by atoms with van der Waals surface area (Å²) in [6.45, 7) is 22.8. The van der Waals surface area contributed by atoms with E-state index in [1.54, 1.807) is 10.3 Å². The number of hydrogen-bond acceptors (Lipinski definition) is 0.